The standard InChI is InChI=1S/C13H10Cl2N2O/c1-2-7-3-4-12(18-7)13-16-10-5-8(14)9(15)6-11(10)17-13/h3-6H,2H2,1H3,(H,16,17). The number of benzene rings is 1. The summed E-state index contributed by atoms with van der Waals surface area (Å²) in [5.41, 5.74) is 1.61. The van der Waals surface area contributed by atoms with Crippen LogP contribution in [0.3, 0.4) is 0 Å². The summed E-state index contributed by atoms with van der Waals surface area (Å²) >= 11 is 11.9. The first-order valence-electron chi connectivity index (χ1n) is 5.61. The lowest BCUT2D eigenvalue weighted by atomic mass is 10.3. The molecule has 1 aromatic carbocycles. The summed E-state index contributed by atoms with van der Waals surface area (Å²) in [7, 11) is 0. The van der Waals surface area contributed by atoms with Gasteiger partial charge in [0.15, 0.2) is 11.6 Å². The monoisotopic (exact) mass is 280 g/mol. The molecule has 1 N–H and O–H groups in total. The van der Waals surface area contributed by atoms with Gasteiger partial charge in [-0.05, 0) is 24.3 Å². The van der Waals surface area contributed by atoms with Gasteiger partial charge in [0.05, 0.1) is 21.1 Å². The second-order valence-corrected chi connectivity index (χ2v) is 4.80. The Bertz CT molecular complexity index is 676. The fraction of sp³-hybridized carbons (Fsp3) is 0.154. The van der Waals surface area contributed by atoms with Crippen molar-refractivity contribution in [1.82, 2.24) is 9.97 Å². The molecule has 92 valence electrons. The zero-order valence-electron chi connectivity index (χ0n) is 9.63. The quantitative estimate of drug-likeness (QED) is 0.740. The van der Waals surface area contributed by atoms with Gasteiger partial charge in [-0.3, -0.25) is 0 Å². The molecule has 0 atom stereocenters. The van der Waals surface area contributed by atoms with Gasteiger partial charge >= 0.3 is 0 Å². The molecule has 0 radical (unpaired) electrons. The number of nitrogens with zero attached hydrogens (tertiary/aromatic N) is 1. The molecule has 2 heterocycles. The van der Waals surface area contributed by atoms with Gasteiger partial charge in [0.1, 0.15) is 5.76 Å². The lowest BCUT2D eigenvalue weighted by molar-refractivity contribution is 0.526. The molecular weight excluding hydrogens is 271 g/mol. The first-order chi connectivity index (χ1) is 8.67. The maximum Gasteiger partial charge on any atom is 0.174 e. The van der Waals surface area contributed by atoms with Crippen LogP contribution >= 0.6 is 23.2 Å². The average molecular weight is 281 g/mol. The Balaban J connectivity index is 2.13. The summed E-state index contributed by atoms with van der Waals surface area (Å²) < 4.78 is 5.65. The molecule has 0 fully saturated rings. The normalized spacial score (nSPS) is 11.3. The van der Waals surface area contributed by atoms with Crippen LogP contribution in [0.25, 0.3) is 22.6 Å². The molecule has 0 aliphatic heterocycles. The fourth-order valence-electron chi connectivity index (χ4n) is 1.82. The molecular formula is C13H10Cl2N2O. The molecule has 2 aromatic heterocycles. The number of nitrogens with one attached hydrogen (secondary N) is 1. The van der Waals surface area contributed by atoms with Crippen LogP contribution in [-0.2, 0) is 6.42 Å². The fourth-order valence-corrected chi connectivity index (χ4v) is 2.14. The highest BCUT2D eigenvalue weighted by atomic mass is 35.5. The van der Waals surface area contributed by atoms with Crippen molar-refractivity contribution in [2.75, 3.05) is 0 Å². The highest BCUT2D eigenvalue weighted by Crippen LogP contribution is 2.29. The molecule has 0 bridgehead atoms. The Kier molecular flexibility index (Phi) is 2.80. The zero-order chi connectivity index (χ0) is 12.7. The third-order valence-electron chi connectivity index (χ3n) is 2.77. The third kappa shape index (κ3) is 1.89. The Morgan fingerprint density at radius 1 is 1.22 bits per heavy atom. The number of aromatic amines is 1. The molecule has 0 amide bonds. The van der Waals surface area contributed by atoms with Crippen LogP contribution in [0.2, 0.25) is 10.0 Å². The Morgan fingerprint density at radius 3 is 2.72 bits per heavy atom. The molecule has 0 aliphatic carbocycles. The topological polar surface area (TPSA) is 41.8 Å². The van der Waals surface area contributed by atoms with Crippen molar-refractivity contribution in [3.63, 3.8) is 0 Å². The zero-order valence-corrected chi connectivity index (χ0v) is 11.1. The van der Waals surface area contributed by atoms with Gasteiger partial charge in [0, 0.05) is 6.42 Å². The highest BCUT2D eigenvalue weighted by molar-refractivity contribution is 6.42. The number of rotatable bonds is 2. The second kappa shape index (κ2) is 4.34. The number of aryl methyl sites for hydroxylation is 1. The molecule has 3 aromatic rings. The summed E-state index contributed by atoms with van der Waals surface area (Å²) in [6.07, 6.45) is 0.859. The maximum absolute atomic E-state index is 5.97. The van der Waals surface area contributed by atoms with Crippen molar-refractivity contribution < 1.29 is 4.42 Å². The minimum absolute atomic E-state index is 0.496. The predicted molar refractivity (Wildman–Crippen MR) is 73.2 cm³/mol. The van der Waals surface area contributed by atoms with Crippen LogP contribution in [-0.4, -0.2) is 9.97 Å². The Hall–Kier alpha value is -1.45. The van der Waals surface area contributed by atoms with Crippen LogP contribution < -0.4 is 0 Å². The molecule has 0 saturated heterocycles. The van der Waals surface area contributed by atoms with Crippen molar-refractivity contribution in [3.8, 4) is 11.6 Å². The molecule has 0 aliphatic rings. The number of H-pyrrole nitrogens is 1. The average Bonchev–Trinajstić information content (AvgIpc) is 2.95. The lowest BCUT2D eigenvalue weighted by Gasteiger charge is -1.93. The number of fused-ring (bicyclic) bond motifs is 1. The summed E-state index contributed by atoms with van der Waals surface area (Å²) in [4.78, 5) is 7.61. The van der Waals surface area contributed by atoms with Gasteiger partial charge < -0.3 is 9.40 Å². The minimum Gasteiger partial charge on any atom is -0.458 e. The number of halogens is 2. The van der Waals surface area contributed by atoms with E-state index in [-0.39, 0.29) is 0 Å². The largest absolute Gasteiger partial charge is 0.458 e. The Labute approximate surface area is 114 Å². The van der Waals surface area contributed by atoms with Gasteiger partial charge in [-0.25, -0.2) is 4.98 Å². The van der Waals surface area contributed by atoms with Gasteiger partial charge in [0.2, 0.25) is 0 Å². The summed E-state index contributed by atoms with van der Waals surface area (Å²) in [6, 6.07) is 7.35. The van der Waals surface area contributed by atoms with Crippen molar-refractivity contribution in [3.05, 3.63) is 40.1 Å². The number of hydrogen-bond acceptors (Lipinski definition) is 2. The van der Waals surface area contributed by atoms with Gasteiger partial charge in [-0.15, -0.1) is 0 Å². The van der Waals surface area contributed by atoms with Crippen LogP contribution in [0.4, 0.5) is 0 Å². The van der Waals surface area contributed by atoms with Crippen LogP contribution in [0.5, 0.6) is 0 Å². The summed E-state index contributed by atoms with van der Waals surface area (Å²) in [5, 5.41) is 1.00. The molecule has 0 unspecified atom stereocenters. The highest BCUT2D eigenvalue weighted by Gasteiger charge is 2.11. The number of imidazole rings is 1. The smallest absolute Gasteiger partial charge is 0.174 e. The minimum atomic E-state index is 0.496. The van der Waals surface area contributed by atoms with E-state index in [4.69, 9.17) is 27.6 Å². The van der Waals surface area contributed by atoms with E-state index in [9.17, 15) is 0 Å². The summed E-state index contributed by atoms with van der Waals surface area (Å²) in [5.74, 6) is 2.33. The number of furan rings is 1. The van der Waals surface area contributed by atoms with Crippen molar-refractivity contribution in [2.24, 2.45) is 0 Å². The van der Waals surface area contributed by atoms with Crippen LogP contribution in [0.15, 0.2) is 28.7 Å². The summed E-state index contributed by atoms with van der Waals surface area (Å²) in [6.45, 7) is 2.04. The van der Waals surface area contributed by atoms with Gasteiger partial charge in [0.25, 0.3) is 0 Å². The first kappa shape index (κ1) is 11.6. The van der Waals surface area contributed by atoms with Gasteiger partial charge in [-0.1, -0.05) is 30.1 Å². The van der Waals surface area contributed by atoms with E-state index in [0.717, 1.165) is 29.0 Å². The van der Waals surface area contributed by atoms with E-state index in [0.29, 0.717) is 15.9 Å². The van der Waals surface area contributed by atoms with E-state index in [2.05, 4.69) is 9.97 Å². The van der Waals surface area contributed by atoms with E-state index in [1.807, 2.05) is 19.1 Å². The third-order valence-corrected chi connectivity index (χ3v) is 3.49. The van der Waals surface area contributed by atoms with Crippen LogP contribution in [0.1, 0.15) is 12.7 Å². The molecule has 3 rings (SSSR count). The molecule has 0 spiro atoms. The SMILES string of the molecule is CCc1ccc(-c2nc3cc(Cl)c(Cl)cc3[nH]2)o1. The van der Waals surface area contributed by atoms with Crippen molar-refractivity contribution in [2.45, 2.75) is 13.3 Å². The van der Waals surface area contributed by atoms with Crippen molar-refractivity contribution in [1.29, 1.82) is 0 Å². The van der Waals surface area contributed by atoms with Gasteiger partial charge in [-0.2, -0.15) is 0 Å². The molecule has 18 heavy (non-hydrogen) atoms. The molecule has 3 nitrogen and oxygen atoms in total. The maximum atomic E-state index is 5.97. The van der Waals surface area contributed by atoms with E-state index >= 15 is 0 Å². The first-order valence-corrected chi connectivity index (χ1v) is 6.37. The number of aromatic nitrogens is 2. The predicted octanol–water partition coefficient (Wildman–Crippen LogP) is 4.69. The number of hydrogen-bond donors (Lipinski definition) is 1. The van der Waals surface area contributed by atoms with E-state index < -0.39 is 0 Å². The van der Waals surface area contributed by atoms with Crippen LogP contribution in [0, 0.1) is 0 Å². The lowest BCUT2D eigenvalue weighted by Crippen LogP contribution is -1.75. The van der Waals surface area contributed by atoms with Crippen molar-refractivity contribution >= 4 is 34.2 Å². The Morgan fingerprint density at radius 2 is 2.00 bits per heavy atom. The molecule has 0 saturated carbocycles. The van der Waals surface area contributed by atoms with E-state index in [1.54, 1.807) is 12.1 Å². The molecule has 5 heteroatoms. The second-order valence-electron chi connectivity index (χ2n) is 3.99. The van der Waals surface area contributed by atoms with E-state index in [1.165, 1.54) is 0 Å².